The zero-order valence-electron chi connectivity index (χ0n) is 8.66. The highest BCUT2D eigenvalue weighted by Crippen LogP contribution is 2.24. The van der Waals surface area contributed by atoms with Crippen LogP contribution in [0.2, 0.25) is 0 Å². The minimum Gasteiger partial charge on any atom is -0.318 e. The molecule has 16 heavy (non-hydrogen) atoms. The largest absolute Gasteiger partial charge is 0.389 e. The molecular weight excluding hydrogens is 243 g/mol. The molecule has 0 atom stereocenters. The van der Waals surface area contributed by atoms with Crippen molar-refractivity contribution in [1.82, 2.24) is 25.5 Å². The molecule has 92 valence electrons. The van der Waals surface area contributed by atoms with Crippen LogP contribution in [0.15, 0.2) is 5.16 Å². The van der Waals surface area contributed by atoms with Crippen LogP contribution < -0.4 is 5.32 Å². The summed E-state index contributed by atoms with van der Waals surface area (Å²) in [7, 11) is 1.78. The van der Waals surface area contributed by atoms with Gasteiger partial charge in [0.25, 0.3) is 0 Å². The highest BCUT2D eigenvalue weighted by molar-refractivity contribution is 7.99. The first-order valence-electron chi connectivity index (χ1n) is 4.63. The van der Waals surface area contributed by atoms with Gasteiger partial charge in [-0.2, -0.15) is 13.2 Å². The van der Waals surface area contributed by atoms with Gasteiger partial charge in [-0.25, -0.2) is 4.68 Å². The fourth-order valence-electron chi connectivity index (χ4n) is 0.916. The molecule has 0 spiro atoms. The first-order valence-corrected chi connectivity index (χ1v) is 5.62. The number of alkyl halides is 3. The Morgan fingerprint density at radius 3 is 2.81 bits per heavy atom. The van der Waals surface area contributed by atoms with E-state index in [2.05, 4.69) is 20.8 Å². The molecule has 0 saturated heterocycles. The number of thioether (sulfide) groups is 1. The highest BCUT2D eigenvalue weighted by atomic mass is 32.2. The Bertz CT molecular complexity index is 313. The fraction of sp³-hybridized carbons (Fsp3) is 0.857. The van der Waals surface area contributed by atoms with E-state index in [9.17, 15) is 13.2 Å². The van der Waals surface area contributed by atoms with E-state index in [-0.39, 0.29) is 5.75 Å². The number of halogens is 3. The molecule has 0 aliphatic rings. The number of nitrogens with zero attached hydrogens (tertiary/aromatic N) is 4. The molecule has 5 nitrogen and oxygen atoms in total. The van der Waals surface area contributed by atoms with Gasteiger partial charge in [0.1, 0.15) is 0 Å². The van der Waals surface area contributed by atoms with Crippen molar-refractivity contribution < 1.29 is 13.2 Å². The van der Waals surface area contributed by atoms with Gasteiger partial charge in [-0.05, 0) is 17.5 Å². The Balaban J connectivity index is 2.38. The maximum Gasteiger partial charge on any atom is 0.389 e. The van der Waals surface area contributed by atoms with Crippen molar-refractivity contribution in [1.29, 1.82) is 0 Å². The van der Waals surface area contributed by atoms with Crippen LogP contribution in [-0.2, 0) is 6.54 Å². The Morgan fingerprint density at radius 2 is 2.19 bits per heavy atom. The van der Waals surface area contributed by atoms with E-state index in [1.807, 2.05) is 0 Å². The second-order valence-corrected chi connectivity index (χ2v) is 4.06. The number of likely N-dealkylation sites (N-methyl/N-ethyl adjacent to an activating group) is 1. The molecule has 1 heterocycles. The molecule has 0 saturated carbocycles. The average Bonchev–Trinajstić information content (AvgIpc) is 2.60. The molecule has 1 N–H and O–H groups in total. The predicted molar refractivity (Wildman–Crippen MR) is 53.1 cm³/mol. The topological polar surface area (TPSA) is 55.6 Å². The van der Waals surface area contributed by atoms with Crippen molar-refractivity contribution in [3.05, 3.63) is 0 Å². The number of hydrogen-bond donors (Lipinski definition) is 1. The summed E-state index contributed by atoms with van der Waals surface area (Å²) in [6.07, 6.45) is -4.97. The monoisotopic (exact) mass is 255 g/mol. The summed E-state index contributed by atoms with van der Waals surface area (Å²) in [4.78, 5) is 0. The van der Waals surface area contributed by atoms with Gasteiger partial charge < -0.3 is 5.32 Å². The average molecular weight is 255 g/mol. The molecule has 0 bridgehead atoms. The van der Waals surface area contributed by atoms with Crippen LogP contribution in [-0.4, -0.2) is 45.7 Å². The summed E-state index contributed by atoms with van der Waals surface area (Å²) in [6, 6.07) is 0. The Morgan fingerprint density at radius 1 is 1.44 bits per heavy atom. The van der Waals surface area contributed by atoms with Gasteiger partial charge in [0.05, 0.1) is 13.0 Å². The highest BCUT2D eigenvalue weighted by Gasteiger charge is 2.26. The smallest absolute Gasteiger partial charge is 0.318 e. The van der Waals surface area contributed by atoms with Gasteiger partial charge in [0.2, 0.25) is 5.16 Å². The van der Waals surface area contributed by atoms with E-state index in [0.29, 0.717) is 18.2 Å². The van der Waals surface area contributed by atoms with Gasteiger partial charge in [-0.3, -0.25) is 0 Å². The van der Waals surface area contributed by atoms with E-state index in [4.69, 9.17) is 0 Å². The number of nitrogens with one attached hydrogen (secondary N) is 1. The van der Waals surface area contributed by atoms with Gasteiger partial charge in [-0.1, -0.05) is 11.8 Å². The van der Waals surface area contributed by atoms with Crippen LogP contribution in [0.1, 0.15) is 6.42 Å². The van der Waals surface area contributed by atoms with Gasteiger partial charge in [-0.15, -0.1) is 5.10 Å². The van der Waals surface area contributed by atoms with Crippen LogP contribution in [0.4, 0.5) is 13.2 Å². The molecule has 0 aromatic carbocycles. The second-order valence-electron chi connectivity index (χ2n) is 3.00. The molecular formula is C7H12F3N5S. The zero-order valence-corrected chi connectivity index (χ0v) is 9.48. The van der Waals surface area contributed by atoms with E-state index in [0.717, 1.165) is 11.8 Å². The predicted octanol–water partition coefficient (Wildman–Crippen LogP) is 0.937. The van der Waals surface area contributed by atoms with Crippen molar-refractivity contribution in [2.24, 2.45) is 0 Å². The lowest BCUT2D eigenvalue weighted by Gasteiger charge is -2.05. The van der Waals surface area contributed by atoms with Crippen LogP contribution in [0.3, 0.4) is 0 Å². The fourth-order valence-corrected chi connectivity index (χ4v) is 1.80. The molecule has 0 amide bonds. The standard InChI is InChI=1S/C7H12F3N5S/c1-11-3-4-15-6(12-13-14-15)16-5-2-7(8,9)10/h11H,2-5H2,1H3. The van der Waals surface area contributed by atoms with Crippen LogP contribution >= 0.6 is 11.8 Å². The summed E-state index contributed by atoms with van der Waals surface area (Å²) in [5.41, 5.74) is 0. The first-order chi connectivity index (χ1) is 7.53. The van der Waals surface area contributed by atoms with Crippen LogP contribution in [0.25, 0.3) is 0 Å². The van der Waals surface area contributed by atoms with E-state index in [1.165, 1.54) is 4.68 Å². The Hall–Kier alpha value is -0.830. The minimum absolute atomic E-state index is 0.0660. The SMILES string of the molecule is CNCCn1nnnc1SCCC(F)(F)F. The minimum atomic E-state index is -4.13. The van der Waals surface area contributed by atoms with Gasteiger partial charge in [0, 0.05) is 12.3 Å². The summed E-state index contributed by atoms with van der Waals surface area (Å²) < 4.78 is 37.2. The molecule has 0 aliphatic carbocycles. The molecule has 9 heteroatoms. The Kier molecular flexibility index (Phi) is 5.00. The first kappa shape index (κ1) is 13.2. The van der Waals surface area contributed by atoms with Crippen molar-refractivity contribution in [3.63, 3.8) is 0 Å². The number of aromatic nitrogens is 4. The normalized spacial score (nSPS) is 12.0. The van der Waals surface area contributed by atoms with Crippen LogP contribution in [0.5, 0.6) is 0 Å². The third kappa shape index (κ3) is 4.79. The number of hydrogen-bond acceptors (Lipinski definition) is 5. The Labute approximate surface area is 94.8 Å². The molecule has 0 radical (unpaired) electrons. The summed E-state index contributed by atoms with van der Waals surface area (Å²) >= 11 is 1.01. The summed E-state index contributed by atoms with van der Waals surface area (Å²) in [5, 5.41) is 14.1. The van der Waals surface area contributed by atoms with Crippen molar-refractivity contribution >= 4 is 11.8 Å². The van der Waals surface area contributed by atoms with Gasteiger partial charge >= 0.3 is 6.18 Å². The lowest BCUT2D eigenvalue weighted by molar-refractivity contribution is -0.129. The van der Waals surface area contributed by atoms with Crippen molar-refractivity contribution in [3.8, 4) is 0 Å². The van der Waals surface area contributed by atoms with Crippen LogP contribution in [0, 0.1) is 0 Å². The zero-order chi connectivity index (χ0) is 12.0. The molecule has 1 rings (SSSR count). The van der Waals surface area contributed by atoms with Gasteiger partial charge in [0.15, 0.2) is 0 Å². The third-order valence-electron chi connectivity index (χ3n) is 1.69. The molecule has 0 unspecified atom stereocenters. The maximum absolute atomic E-state index is 11.9. The number of rotatable bonds is 6. The van der Waals surface area contributed by atoms with Crippen molar-refractivity contribution in [2.45, 2.75) is 24.3 Å². The molecule has 0 fully saturated rings. The summed E-state index contributed by atoms with van der Waals surface area (Å²) in [6.45, 7) is 1.20. The van der Waals surface area contributed by atoms with Crippen molar-refractivity contribution in [2.75, 3.05) is 19.3 Å². The van der Waals surface area contributed by atoms with E-state index >= 15 is 0 Å². The molecule has 1 aromatic rings. The molecule has 1 aromatic heterocycles. The maximum atomic E-state index is 11.9. The third-order valence-corrected chi connectivity index (χ3v) is 2.65. The second kappa shape index (κ2) is 6.04. The van der Waals surface area contributed by atoms with E-state index in [1.54, 1.807) is 7.05 Å². The molecule has 0 aliphatic heterocycles. The lowest BCUT2D eigenvalue weighted by atomic mass is 10.5. The van der Waals surface area contributed by atoms with E-state index < -0.39 is 12.6 Å². The lowest BCUT2D eigenvalue weighted by Crippen LogP contribution is -2.16. The summed E-state index contributed by atoms with van der Waals surface area (Å²) in [5.74, 6) is -0.0660. The number of tetrazole rings is 1. The quantitative estimate of drug-likeness (QED) is 0.767.